The first-order valence-corrected chi connectivity index (χ1v) is 8.05. The van der Waals surface area contributed by atoms with Gasteiger partial charge in [-0.1, -0.05) is 49.6 Å². The highest BCUT2D eigenvalue weighted by atomic mass is 35.5. The summed E-state index contributed by atoms with van der Waals surface area (Å²) in [5, 5.41) is 5.25. The SMILES string of the molecule is CCCCC1Nc2c(Cl)ncnc2-n2c1cc1ccccc12. The van der Waals surface area contributed by atoms with Crippen LogP contribution in [0.1, 0.15) is 37.9 Å². The van der Waals surface area contributed by atoms with Crippen LogP contribution < -0.4 is 5.32 Å². The third-order valence-electron chi connectivity index (χ3n) is 4.25. The topological polar surface area (TPSA) is 42.7 Å². The van der Waals surface area contributed by atoms with Gasteiger partial charge in [0.15, 0.2) is 11.0 Å². The molecule has 0 bridgehead atoms. The lowest BCUT2D eigenvalue weighted by atomic mass is 10.0. The summed E-state index contributed by atoms with van der Waals surface area (Å²) in [6.45, 7) is 2.21. The van der Waals surface area contributed by atoms with E-state index in [9.17, 15) is 0 Å². The number of para-hydroxylation sites is 1. The lowest BCUT2D eigenvalue weighted by Crippen LogP contribution is -2.22. The number of fused-ring (bicyclic) bond motifs is 5. The molecule has 3 aromatic rings. The van der Waals surface area contributed by atoms with Crippen molar-refractivity contribution in [3.63, 3.8) is 0 Å². The number of hydrogen-bond donors (Lipinski definition) is 1. The van der Waals surface area contributed by atoms with Gasteiger partial charge >= 0.3 is 0 Å². The normalized spacial score (nSPS) is 16.2. The van der Waals surface area contributed by atoms with E-state index in [0.717, 1.165) is 23.4 Å². The molecule has 2 aromatic heterocycles. The van der Waals surface area contributed by atoms with E-state index in [4.69, 9.17) is 11.6 Å². The van der Waals surface area contributed by atoms with Gasteiger partial charge in [-0.25, -0.2) is 9.97 Å². The average Bonchev–Trinajstić information content (AvgIpc) is 2.93. The Labute approximate surface area is 134 Å². The van der Waals surface area contributed by atoms with Crippen LogP contribution in [0.3, 0.4) is 0 Å². The van der Waals surface area contributed by atoms with Gasteiger partial charge in [0.05, 0.1) is 11.6 Å². The molecule has 1 unspecified atom stereocenters. The third-order valence-corrected chi connectivity index (χ3v) is 4.54. The molecule has 1 N–H and O–H groups in total. The van der Waals surface area contributed by atoms with Crippen LogP contribution in [0, 0.1) is 0 Å². The van der Waals surface area contributed by atoms with Gasteiger partial charge in [0, 0.05) is 11.1 Å². The fourth-order valence-corrected chi connectivity index (χ4v) is 3.38. The molecular weight excluding hydrogens is 296 g/mol. The van der Waals surface area contributed by atoms with Crippen molar-refractivity contribution < 1.29 is 0 Å². The second-order valence-electron chi connectivity index (χ2n) is 5.67. The largest absolute Gasteiger partial charge is 0.371 e. The quantitative estimate of drug-likeness (QED) is 0.711. The van der Waals surface area contributed by atoms with Gasteiger partial charge in [0.25, 0.3) is 0 Å². The number of benzene rings is 1. The average molecular weight is 313 g/mol. The van der Waals surface area contributed by atoms with Gasteiger partial charge in [-0.3, -0.25) is 4.57 Å². The minimum atomic E-state index is 0.239. The van der Waals surface area contributed by atoms with Crippen LogP contribution in [-0.4, -0.2) is 14.5 Å². The molecular formula is C17H17ClN4. The number of unbranched alkanes of at least 4 members (excludes halogenated alkanes) is 1. The van der Waals surface area contributed by atoms with E-state index in [1.54, 1.807) is 0 Å². The first-order valence-electron chi connectivity index (χ1n) is 7.67. The van der Waals surface area contributed by atoms with Crippen molar-refractivity contribution in [3.8, 4) is 5.82 Å². The summed E-state index contributed by atoms with van der Waals surface area (Å²) in [5.74, 6) is 0.837. The number of aromatic nitrogens is 3. The van der Waals surface area contributed by atoms with Crippen molar-refractivity contribution in [2.45, 2.75) is 32.2 Å². The maximum Gasteiger partial charge on any atom is 0.165 e. The Bertz CT molecular complexity index is 840. The zero-order valence-electron chi connectivity index (χ0n) is 12.4. The Morgan fingerprint density at radius 2 is 2.14 bits per heavy atom. The summed E-state index contributed by atoms with van der Waals surface area (Å²) in [5.41, 5.74) is 3.24. The highest BCUT2D eigenvalue weighted by Gasteiger charge is 2.28. The first-order chi connectivity index (χ1) is 10.8. The summed E-state index contributed by atoms with van der Waals surface area (Å²) in [6.07, 6.45) is 4.93. The molecule has 0 radical (unpaired) electrons. The van der Waals surface area contributed by atoms with Crippen molar-refractivity contribution >= 4 is 28.2 Å². The molecule has 22 heavy (non-hydrogen) atoms. The molecule has 0 spiro atoms. The molecule has 4 rings (SSSR count). The summed E-state index contributed by atoms with van der Waals surface area (Å²) >= 11 is 6.30. The van der Waals surface area contributed by atoms with E-state index in [0.29, 0.717) is 5.15 Å². The number of nitrogens with zero attached hydrogens (tertiary/aromatic N) is 3. The number of halogens is 1. The summed E-state index contributed by atoms with van der Waals surface area (Å²) < 4.78 is 2.22. The number of hydrogen-bond acceptors (Lipinski definition) is 3. The Morgan fingerprint density at radius 3 is 3.00 bits per heavy atom. The van der Waals surface area contributed by atoms with Gasteiger partial charge in [0.1, 0.15) is 12.0 Å². The van der Waals surface area contributed by atoms with Crippen LogP contribution >= 0.6 is 11.6 Å². The van der Waals surface area contributed by atoms with Crippen molar-refractivity contribution in [1.82, 2.24) is 14.5 Å². The van der Waals surface area contributed by atoms with Crippen LogP contribution in [0.2, 0.25) is 5.15 Å². The standard InChI is InChI=1S/C17H17ClN4/c1-2-3-7-12-14-9-11-6-4-5-8-13(11)22(14)17-15(21-12)16(18)19-10-20-17/h4-6,8-10,12,21H,2-3,7H2,1H3. The van der Waals surface area contributed by atoms with Crippen LogP contribution in [0.5, 0.6) is 0 Å². The van der Waals surface area contributed by atoms with Gasteiger partial charge < -0.3 is 5.32 Å². The molecule has 0 fully saturated rings. The van der Waals surface area contributed by atoms with Crippen LogP contribution in [0.4, 0.5) is 5.69 Å². The maximum atomic E-state index is 6.30. The molecule has 0 saturated heterocycles. The monoisotopic (exact) mass is 312 g/mol. The minimum Gasteiger partial charge on any atom is -0.371 e. The molecule has 4 nitrogen and oxygen atoms in total. The summed E-state index contributed by atoms with van der Waals surface area (Å²) in [7, 11) is 0. The highest BCUT2D eigenvalue weighted by molar-refractivity contribution is 6.32. The van der Waals surface area contributed by atoms with Gasteiger partial charge in [-0.2, -0.15) is 0 Å². The Balaban J connectivity index is 1.97. The third kappa shape index (κ3) is 1.98. The highest BCUT2D eigenvalue weighted by Crippen LogP contribution is 2.40. The molecule has 0 saturated carbocycles. The van der Waals surface area contributed by atoms with E-state index in [1.165, 1.54) is 30.2 Å². The molecule has 112 valence electrons. The molecule has 0 amide bonds. The molecule has 0 aliphatic carbocycles. The number of rotatable bonds is 3. The molecule has 1 aliphatic heterocycles. The summed E-state index contributed by atoms with van der Waals surface area (Å²) in [4.78, 5) is 8.59. The van der Waals surface area contributed by atoms with Crippen molar-refractivity contribution in [3.05, 3.63) is 47.5 Å². The number of anilines is 1. The van der Waals surface area contributed by atoms with Crippen LogP contribution in [-0.2, 0) is 0 Å². The minimum absolute atomic E-state index is 0.239. The number of nitrogens with one attached hydrogen (secondary N) is 1. The predicted octanol–water partition coefficient (Wildman–Crippen LogP) is 4.73. The van der Waals surface area contributed by atoms with E-state index >= 15 is 0 Å². The van der Waals surface area contributed by atoms with Gasteiger partial charge in [-0.15, -0.1) is 0 Å². The lowest BCUT2D eigenvalue weighted by molar-refractivity contribution is 0.602. The van der Waals surface area contributed by atoms with Crippen molar-refractivity contribution in [1.29, 1.82) is 0 Å². The van der Waals surface area contributed by atoms with Crippen molar-refractivity contribution in [2.75, 3.05) is 5.32 Å². The fourth-order valence-electron chi connectivity index (χ4n) is 3.19. The Morgan fingerprint density at radius 1 is 1.27 bits per heavy atom. The smallest absolute Gasteiger partial charge is 0.165 e. The van der Waals surface area contributed by atoms with E-state index in [1.807, 2.05) is 0 Å². The van der Waals surface area contributed by atoms with Crippen LogP contribution in [0.25, 0.3) is 16.7 Å². The Kier molecular flexibility index (Phi) is 3.26. The van der Waals surface area contributed by atoms with Gasteiger partial charge in [-0.05, 0) is 18.6 Å². The second kappa shape index (κ2) is 5.29. The molecule has 1 atom stereocenters. The van der Waals surface area contributed by atoms with Crippen molar-refractivity contribution in [2.24, 2.45) is 0 Å². The van der Waals surface area contributed by atoms with Crippen LogP contribution in [0.15, 0.2) is 36.7 Å². The zero-order chi connectivity index (χ0) is 15.1. The molecule has 3 heterocycles. The summed E-state index contributed by atoms with van der Waals surface area (Å²) in [6, 6.07) is 10.9. The zero-order valence-corrected chi connectivity index (χ0v) is 13.1. The Hall–Kier alpha value is -2.07. The molecule has 5 heteroatoms. The first kappa shape index (κ1) is 13.6. The fraction of sp³-hybridized carbons (Fsp3) is 0.294. The lowest BCUT2D eigenvalue weighted by Gasteiger charge is -2.29. The predicted molar refractivity (Wildman–Crippen MR) is 89.8 cm³/mol. The van der Waals surface area contributed by atoms with E-state index in [-0.39, 0.29) is 6.04 Å². The maximum absolute atomic E-state index is 6.30. The van der Waals surface area contributed by atoms with E-state index < -0.39 is 0 Å². The molecule has 1 aromatic carbocycles. The molecule has 1 aliphatic rings. The van der Waals surface area contributed by atoms with Gasteiger partial charge in [0.2, 0.25) is 0 Å². The van der Waals surface area contributed by atoms with E-state index in [2.05, 4.69) is 57.1 Å². The second-order valence-corrected chi connectivity index (χ2v) is 6.02.